The van der Waals surface area contributed by atoms with Crippen LogP contribution in [0, 0.1) is 5.92 Å². The molecule has 0 bridgehead atoms. The van der Waals surface area contributed by atoms with Crippen LogP contribution in [0.3, 0.4) is 0 Å². The Kier molecular flexibility index (Phi) is 15.0. The average molecular weight is 553 g/mol. The molecule has 0 aliphatic carbocycles. The van der Waals surface area contributed by atoms with Crippen molar-refractivity contribution in [3.05, 3.63) is 0 Å². The highest BCUT2D eigenvalue weighted by Gasteiger charge is 2.47. The molecule has 0 saturated heterocycles. The zero-order valence-corrected chi connectivity index (χ0v) is 29.8. The normalized spacial score (nSPS) is 18.1. The van der Waals surface area contributed by atoms with Crippen LogP contribution in [0.25, 0.3) is 0 Å². The Bertz CT molecular complexity index is 536. The molecule has 9 heteroatoms. The highest BCUT2D eigenvalue weighted by molar-refractivity contribution is 6.90. The summed E-state index contributed by atoms with van der Waals surface area (Å²) in [5.41, 5.74) is 0. The zero-order valence-electron chi connectivity index (χ0n) is 24.8. The predicted molar refractivity (Wildman–Crippen MR) is 159 cm³/mol. The van der Waals surface area contributed by atoms with Crippen LogP contribution in [0.15, 0.2) is 0 Å². The molecule has 0 aromatic carbocycles. The maximum absolute atomic E-state index is 6.97. The summed E-state index contributed by atoms with van der Waals surface area (Å²) in [6.07, 6.45) is 10.3. The monoisotopic (exact) mass is 552 g/mol. The highest BCUT2D eigenvalue weighted by Crippen LogP contribution is 2.31. The Hall–Kier alpha value is 0.924. The molecule has 0 spiro atoms. The Morgan fingerprint density at radius 3 is 1.39 bits per heavy atom. The minimum atomic E-state index is -2.39. The van der Waals surface area contributed by atoms with Crippen LogP contribution in [0.1, 0.15) is 72.1 Å². The van der Waals surface area contributed by atoms with Gasteiger partial charge in [0.2, 0.25) is 0 Å². The quantitative estimate of drug-likeness (QED) is 0.118. The van der Waals surface area contributed by atoms with Crippen molar-refractivity contribution >= 4 is 42.3 Å². The second-order valence-electron chi connectivity index (χ2n) is 12.9. The van der Waals surface area contributed by atoms with Gasteiger partial charge in [0.15, 0.2) is 16.6 Å². The minimum absolute atomic E-state index is 0.873. The lowest BCUT2D eigenvalue weighted by molar-refractivity contribution is 0.289. The van der Waals surface area contributed by atoms with Crippen molar-refractivity contribution in [1.82, 2.24) is 0 Å². The largest absolute Gasteiger partial charge is 0.437 e. The molecule has 0 amide bonds. The van der Waals surface area contributed by atoms with E-state index in [4.69, 9.17) is 16.5 Å². The first-order valence-corrected chi connectivity index (χ1v) is 28.3. The van der Waals surface area contributed by atoms with E-state index in [1.54, 1.807) is 0 Å². The van der Waals surface area contributed by atoms with E-state index in [1.165, 1.54) is 44.9 Å². The number of hydrogen-bond donors (Lipinski definition) is 0. The van der Waals surface area contributed by atoms with Crippen molar-refractivity contribution in [2.24, 2.45) is 5.92 Å². The molecule has 0 aliphatic heterocycles. The van der Waals surface area contributed by atoms with E-state index in [0.717, 1.165) is 24.4 Å². The summed E-state index contributed by atoms with van der Waals surface area (Å²) in [6.45, 7) is 29.6. The maximum atomic E-state index is 6.97. The van der Waals surface area contributed by atoms with Gasteiger partial charge in [-0.15, -0.1) is 0 Å². The maximum Gasteiger partial charge on any atom is 0.315 e. The van der Waals surface area contributed by atoms with Crippen molar-refractivity contribution in [3.63, 3.8) is 0 Å². The lowest BCUT2D eigenvalue weighted by atomic mass is 10.0. The molecule has 200 valence electrons. The van der Waals surface area contributed by atoms with Gasteiger partial charge >= 0.3 is 25.7 Å². The van der Waals surface area contributed by atoms with Gasteiger partial charge in [-0.05, 0) is 83.5 Å². The van der Waals surface area contributed by atoms with Gasteiger partial charge in [-0.25, -0.2) is 0 Å². The molecule has 0 aromatic rings. The lowest BCUT2D eigenvalue weighted by Crippen LogP contribution is -2.59. The third-order valence-electron chi connectivity index (χ3n) is 5.70. The van der Waals surface area contributed by atoms with Gasteiger partial charge in [-0.3, -0.25) is 0 Å². The van der Waals surface area contributed by atoms with Gasteiger partial charge in [-0.1, -0.05) is 72.1 Å². The van der Waals surface area contributed by atoms with Gasteiger partial charge in [0, 0.05) is 0 Å². The van der Waals surface area contributed by atoms with Crippen LogP contribution in [0.4, 0.5) is 0 Å². The van der Waals surface area contributed by atoms with E-state index in [2.05, 4.69) is 86.2 Å². The number of rotatable bonds is 19. The van der Waals surface area contributed by atoms with Gasteiger partial charge in [0.05, 0.1) is 0 Å². The first-order chi connectivity index (χ1) is 14.8. The van der Waals surface area contributed by atoms with Crippen molar-refractivity contribution in [1.29, 1.82) is 0 Å². The molecule has 0 N–H and O–H groups in total. The average Bonchev–Trinajstić information content (AvgIpc) is 2.55. The topological polar surface area (TPSA) is 36.9 Å². The van der Waals surface area contributed by atoms with E-state index in [9.17, 15) is 0 Å². The van der Waals surface area contributed by atoms with Crippen LogP contribution < -0.4 is 0 Å². The minimum Gasteiger partial charge on any atom is -0.437 e. The molecule has 3 unspecified atom stereocenters. The van der Waals surface area contributed by atoms with Gasteiger partial charge in [0.1, 0.15) is 0 Å². The second kappa shape index (κ2) is 14.6. The van der Waals surface area contributed by atoms with Gasteiger partial charge in [0.25, 0.3) is 0 Å². The summed E-state index contributed by atoms with van der Waals surface area (Å²) in [5.74, 6) is 0.873. The van der Waals surface area contributed by atoms with Crippen LogP contribution in [-0.2, 0) is 16.5 Å². The van der Waals surface area contributed by atoms with Gasteiger partial charge in [-0.2, -0.15) is 0 Å². The first-order valence-electron chi connectivity index (χ1n) is 13.6. The van der Waals surface area contributed by atoms with Gasteiger partial charge < -0.3 is 16.5 Å². The van der Waals surface area contributed by atoms with Crippen molar-refractivity contribution < 1.29 is 16.5 Å². The molecule has 0 rings (SSSR count). The van der Waals surface area contributed by atoms with Crippen LogP contribution in [0.5, 0.6) is 0 Å². The summed E-state index contributed by atoms with van der Waals surface area (Å²) in [6, 6.07) is 2.10. The highest BCUT2D eigenvalue weighted by atomic mass is 28.5. The Labute approximate surface area is 213 Å². The fourth-order valence-corrected chi connectivity index (χ4v) is 28.5. The zero-order chi connectivity index (χ0) is 26.0. The summed E-state index contributed by atoms with van der Waals surface area (Å²) in [4.78, 5) is 0. The van der Waals surface area contributed by atoms with Crippen molar-refractivity contribution in [2.45, 2.75) is 150 Å². The van der Waals surface area contributed by atoms with E-state index < -0.39 is 42.3 Å². The van der Waals surface area contributed by atoms with Crippen LogP contribution in [0.2, 0.25) is 77.6 Å². The molecule has 33 heavy (non-hydrogen) atoms. The molecule has 0 radical (unpaired) electrons. The third-order valence-corrected chi connectivity index (χ3v) is 24.1. The van der Waals surface area contributed by atoms with Crippen LogP contribution in [-0.4, -0.2) is 42.3 Å². The summed E-state index contributed by atoms with van der Waals surface area (Å²) in [5, 5.41) is 0. The molecule has 0 heterocycles. The Balaban J connectivity index is 5.10. The third kappa shape index (κ3) is 17.9. The van der Waals surface area contributed by atoms with Crippen molar-refractivity contribution in [2.75, 3.05) is 0 Å². The predicted octanol–water partition coefficient (Wildman–Crippen LogP) is 9.37. The van der Waals surface area contributed by atoms with E-state index >= 15 is 0 Å². The second-order valence-corrected chi connectivity index (χ2v) is 32.9. The Morgan fingerprint density at radius 2 is 0.970 bits per heavy atom. The summed E-state index contributed by atoms with van der Waals surface area (Å²) >= 11 is 0. The SMILES string of the molecule is CCC[Si](C)(O[Si](C)(C)C)O[Si](C)(C)O[Si](C)(CCCCCCCC(C)CC)O[Si](C)(C)C. The molecule has 0 aliphatic rings. The molecule has 4 nitrogen and oxygen atoms in total. The summed E-state index contributed by atoms with van der Waals surface area (Å²) in [7, 11) is -10.4. The standard InChI is InChI=1S/C24H60O4Si5/c1-14-22-32(12,25-29(4,5)6)27-31(10,11)28-33(13,26-30(7,8)9)23-20-18-16-17-19-21-24(3)15-2/h24H,14-23H2,1-13H3. The Morgan fingerprint density at radius 1 is 0.545 bits per heavy atom. The molecule has 0 saturated carbocycles. The molecule has 0 aromatic heterocycles. The summed E-state index contributed by atoms with van der Waals surface area (Å²) < 4.78 is 27.3. The van der Waals surface area contributed by atoms with E-state index in [1.807, 2.05) is 0 Å². The number of unbranched alkanes of at least 4 members (excludes halogenated alkanes) is 4. The van der Waals surface area contributed by atoms with E-state index in [-0.39, 0.29) is 0 Å². The first kappa shape index (κ1) is 33.9. The molecular weight excluding hydrogens is 493 g/mol. The van der Waals surface area contributed by atoms with E-state index in [0.29, 0.717) is 0 Å². The lowest BCUT2D eigenvalue weighted by Gasteiger charge is -2.43. The molecular formula is C24H60O4Si5. The molecule has 0 fully saturated rings. The van der Waals surface area contributed by atoms with Crippen LogP contribution >= 0.6 is 0 Å². The molecule has 3 atom stereocenters. The van der Waals surface area contributed by atoms with Crippen molar-refractivity contribution in [3.8, 4) is 0 Å². The fraction of sp³-hybridized carbons (Fsp3) is 1.00. The smallest absolute Gasteiger partial charge is 0.315 e. The fourth-order valence-electron chi connectivity index (χ4n) is 4.73. The number of hydrogen-bond acceptors (Lipinski definition) is 4.